The largest absolute Gasteiger partial charge is 0.311 e. The molecule has 0 aromatic heterocycles. The van der Waals surface area contributed by atoms with E-state index in [-0.39, 0.29) is 17.9 Å². The number of hydrogen-bond acceptors (Lipinski definition) is 4. The minimum Gasteiger partial charge on any atom is -0.311 e. The van der Waals surface area contributed by atoms with Gasteiger partial charge >= 0.3 is 0 Å². The van der Waals surface area contributed by atoms with Gasteiger partial charge in [-0.15, -0.1) is 12.4 Å². The number of nitriles is 1. The lowest BCUT2D eigenvalue weighted by atomic mass is 10.0. The molecule has 0 amide bonds. The van der Waals surface area contributed by atoms with E-state index in [1.54, 1.807) is 0 Å². The normalized spacial score (nSPS) is 16.8. The molecule has 122 valence electrons. The smallest absolute Gasteiger partial charge is 0.0991 e. The van der Waals surface area contributed by atoms with Gasteiger partial charge in [0, 0.05) is 44.8 Å². The summed E-state index contributed by atoms with van der Waals surface area (Å²) in [5.74, 6) is 0. The van der Waals surface area contributed by atoms with Crippen LogP contribution in [0, 0.1) is 11.3 Å². The lowest BCUT2D eigenvalue weighted by molar-refractivity contribution is 0.0618. The zero-order valence-electron chi connectivity index (χ0n) is 13.8. The maximum Gasteiger partial charge on any atom is 0.0991 e. The van der Waals surface area contributed by atoms with Crippen LogP contribution in [0.2, 0.25) is 0 Å². The van der Waals surface area contributed by atoms with Crippen molar-refractivity contribution in [2.75, 3.05) is 39.8 Å². The summed E-state index contributed by atoms with van der Waals surface area (Å²) in [6, 6.07) is 10.0. The van der Waals surface area contributed by atoms with Gasteiger partial charge in [-0.05, 0) is 38.6 Å². The molecule has 1 N–H and O–H groups in total. The fraction of sp³-hybridized carbons (Fsp3) is 0.588. The van der Waals surface area contributed by atoms with E-state index in [4.69, 9.17) is 5.26 Å². The molecule has 4 nitrogen and oxygen atoms in total. The van der Waals surface area contributed by atoms with Crippen LogP contribution in [0.15, 0.2) is 24.3 Å². The van der Waals surface area contributed by atoms with Gasteiger partial charge in [-0.2, -0.15) is 5.26 Å². The third kappa shape index (κ3) is 5.26. The first kappa shape index (κ1) is 18.9. The Morgan fingerprint density at radius 1 is 1.23 bits per heavy atom. The van der Waals surface area contributed by atoms with Crippen molar-refractivity contribution in [3.05, 3.63) is 35.4 Å². The summed E-state index contributed by atoms with van der Waals surface area (Å²) in [7, 11) is 2.19. The number of nitrogens with zero attached hydrogens (tertiary/aromatic N) is 3. The molecule has 22 heavy (non-hydrogen) atoms. The molecule has 0 aliphatic carbocycles. The van der Waals surface area contributed by atoms with E-state index in [1.807, 2.05) is 18.2 Å². The topological polar surface area (TPSA) is 42.3 Å². The van der Waals surface area contributed by atoms with Gasteiger partial charge in [-0.25, -0.2) is 0 Å². The zero-order chi connectivity index (χ0) is 15.3. The van der Waals surface area contributed by atoms with E-state index >= 15 is 0 Å². The van der Waals surface area contributed by atoms with Crippen molar-refractivity contribution in [1.29, 1.82) is 5.26 Å². The van der Waals surface area contributed by atoms with E-state index in [2.05, 4.69) is 48.1 Å². The standard InChI is InChI=1S/C17H26N4.ClH/c1-17(2,21-9-7-20(3)8-10-21)14-19-13-16-6-4-5-15(11-16)12-18;/h4-6,11,19H,7-10,13-14H2,1-3H3;1H. The summed E-state index contributed by atoms with van der Waals surface area (Å²) in [5, 5.41) is 12.5. The third-order valence-corrected chi connectivity index (χ3v) is 4.30. The molecular weight excluding hydrogens is 296 g/mol. The van der Waals surface area contributed by atoms with Gasteiger partial charge < -0.3 is 10.2 Å². The molecular formula is C17H27ClN4. The third-order valence-electron chi connectivity index (χ3n) is 4.30. The number of nitrogens with one attached hydrogen (secondary N) is 1. The number of benzene rings is 1. The van der Waals surface area contributed by atoms with Gasteiger partial charge in [0.25, 0.3) is 0 Å². The van der Waals surface area contributed by atoms with E-state index < -0.39 is 0 Å². The van der Waals surface area contributed by atoms with Crippen LogP contribution < -0.4 is 5.32 Å². The molecule has 0 spiro atoms. The van der Waals surface area contributed by atoms with Gasteiger partial charge in [0.05, 0.1) is 11.6 Å². The predicted molar refractivity (Wildman–Crippen MR) is 93.3 cm³/mol. The number of likely N-dealkylation sites (N-methyl/N-ethyl adjacent to an activating group) is 1. The molecule has 0 bridgehead atoms. The van der Waals surface area contributed by atoms with Gasteiger partial charge in [-0.3, -0.25) is 4.90 Å². The summed E-state index contributed by atoms with van der Waals surface area (Å²) < 4.78 is 0. The van der Waals surface area contributed by atoms with Crippen LogP contribution in [0.25, 0.3) is 0 Å². The predicted octanol–water partition coefficient (Wildman–Crippen LogP) is 2.10. The SMILES string of the molecule is CN1CCN(C(C)(C)CNCc2cccc(C#N)c2)CC1.Cl. The Hall–Kier alpha value is -1.12. The van der Waals surface area contributed by atoms with E-state index in [9.17, 15) is 0 Å². The summed E-state index contributed by atoms with van der Waals surface area (Å²) in [5.41, 5.74) is 2.06. The molecule has 1 aliphatic heterocycles. The molecule has 0 unspecified atom stereocenters. The van der Waals surface area contributed by atoms with Crippen LogP contribution in [0.1, 0.15) is 25.0 Å². The van der Waals surface area contributed by atoms with Crippen molar-refractivity contribution in [2.24, 2.45) is 0 Å². The zero-order valence-corrected chi connectivity index (χ0v) is 14.6. The first-order chi connectivity index (χ1) is 10.0. The minimum atomic E-state index is 0. The lowest BCUT2D eigenvalue weighted by Gasteiger charge is -2.43. The van der Waals surface area contributed by atoms with Crippen LogP contribution in [0.5, 0.6) is 0 Å². The summed E-state index contributed by atoms with van der Waals surface area (Å²) in [4.78, 5) is 4.94. The monoisotopic (exact) mass is 322 g/mol. The average molecular weight is 323 g/mol. The fourth-order valence-electron chi connectivity index (χ4n) is 2.79. The molecule has 0 atom stereocenters. The summed E-state index contributed by atoms with van der Waals surface area (Å²) >= 11 is 0. The Morgan fingerprint density at radius 2 is 1.91 bits per heavy atom. The van der Waals surface area contributed by atoms with E-state index in [0.717, 1.165) is 44.8 Å². The van der Waals surface area contributed by atoms with Crippen molar-refractivity contribution < 1.29 is 0 Å². The van der Waals surface area contributed by atoms with Crippen molar-refractivity contribution in [3.63, 3.8) is 0 Å². The van der Waals surface area contributed by atoms with Gasteiger partial charge in [0.2, 0.25) is 0 Å². The highest BCUT2D eigenvalue weighted by atomic mass is 35.5. The average Bonchev–Trinajstić information content (AvgIpc) is 2.48. The molecule has 1 fully saturated rings. The molecule has 1 aromatic rings. The Morgan fingerprint density at radius 3 is 2.55 bits per heavy atom. The first-order valence-electron chi connectivity index (χ1n) is 7.64. The molecule has 1 heterocycles. The fourth-order valence-corrected chi connectivity index (χ4v) is 2.79. The van der Waals surface area contributed by atoms with Gasteiger partial charge in [-0.1, -0.05) is 12.1 Å². The lowest BCUT2D eigenvalue weighted by Crippen LogP contribution is -2.57. The highest BCUT2D eigenvalue weighted by molar-refractivity contribution is 5.85. The minimum absolute atomic E-state index is 0. The van der Waals surface area contributed by atoms with E-state index in [1.165, 1.54) is 5.56 Å². The molecule has 1 saturated heterocycles. The van der Waals surface area contributed by atoms with Crippen molar-refractivity contribution in [3.8, 4) is 6.07 Å². The van der Waals surface area contributed by atoms with Gasteiger partial charge in [0.15, 0.2) is 0 Å². The van der Waals surface area contributed by atoms with Crippen molar-refractivity contribution in [1.82, 2.24) is 15.1 Å². The van der Waals surface area contributed by atoms with Crippen LogP contribution in [-0.2, 0) is 6.54 Å². The van der Waals surface area contributed by atoms with Crippen molar-refractivity contribution >= 4 is 12.4 Å². The molecule has 0 saturated carbocycles. The highest BCUT2D eigenvalue weighted by Crippen LogP contribution is 2.16. The Labute approximate surface area is 140 Å². The van der Waals surface area contributed by atoms with Crippen LogP contribution in [-0.4, -0.2) is 55.1 Å². The highest BCUT2D eigenvalue weighted by Gasteiger charge is 2.28. The molecule has 2 rings (SSSR count). The van der Waals surface area contributed by atoms with Crippen LogP contribution in [0.4, 0.5) is 0 Å². The Balaban J connectivity index is 0.00000242. The maximum absolute atomic E-state index is 8.93. The van der Waals surface area contributed by atoms with Crippen LogP contribution >= 0.6 is 12.4 Å². The quantitative estimate of drug-likeness (QED) is 0.901. The number of rotatable bonds is 5. The molecule has 1 aromatic carbocycles. The van der Waals surface area contributed by atoms with Gasteiger partial charge in [0.1, 0.15) is 0 Å². The molecule has 1 aliphatic rings. The number of halogens is 1. The Kier molecular flexibility index (Phi) is 7.31. The first-order valence-corrected chi connectivity index (χ1v) is 7.64. The van der Waals surface area contributed by atoms with Crippen molar-refractivity contribution in [2.45, 2.75) is 25.9 Å². The molecule has 0 radical (unpaired) electrons. The second kappa shape index (κ2) is 8.50. The second-order valence-corrected chi connectivity index (χ2v) is 6.52. The summed E-state index contributed by atoms with van der Waals surface area (Å²) in [6.45, 7) is 10.9. The Bertz CT molecular complexity index is 502. The summed E-state index contributed by atoms with van der Waals surface area (Å²) in [6.07, 6.45) is 0. The van der Waals surface area contributed by atoms with E-state index in [0.29, 0.717) is 0 Å². The second-order valence-electron chi connectivity index (χ2n) is 6.52. The maximum atomic E-state index is 8.93. The number of hydrogen-bond donors (Lipinski definition) is 1. The van der Waals surface area contributed by atoms with Crippen LogP contribution in [0.3, 0.4) is 0 Å². The molecule has 5 heteroatoms. The number of piperazine rings is 1.